The first-order valence-corrected chi connectivity index (χ1v) is 5.05. The summed E-state index contributed by atoms with van der Waals surface area (Å²) in [6.45, 7) is 3.64. The molecular formula is C10H10N6O. The lowest BCUT2D eigenvalue weighted by Crippen LogP contribution is -1.91. The molecule has 0 amide bonds. The Hall–Kier alpha value is -2.44. The molecule has 3 rings (SSSR count). The molecule has 0 saturated heterocycles. The molecule has 7 nitrogen and oxygen atoms in total. The molecule has 0 unspecified atom stereocenters. The summed E-state index contributed by atoms with van der Waals surface area (Å²) < 4.78 is 5.48. The van der Waals surface area contributed by atoms with Crippen molar-refractivity contribution in [2.24, 2.45) is 0 Å². The molecule has 17 heavy (non-hydrogen) atoms. The zero-order chi connectivity index (χ0) is 12.0. The predicted octanol–water partition coefficient (Wildman–Crippen LogP) is 1.21. The Morgan fingerprint density at radius 1 is 1.24 bits per heavy atom. The van der Waals surface area contributed by atoms with Crippen LogP contribution in [-0.2, 0) is 0 Å². The number of hydrogen-bond donors (Lipinski definition) is 2. The first-order valence-electron chi connectivity index (χ1n) is 5.05. The van der Waals surface area contributed by atoms with Gasteiger partial charge in [-0.3, -0.25) is 0 Å². The molecule has 0 fully saturated rings. The number of rotatable bonds is 1. The van der Waals surface area contributed by atoms with E-state index in [9.17, 15) is 0 Å². The molecular weight excluding hydrogens is 220 g/mol. The second kappa shape index (κ2) is 3.27. The van der Waals surface area contributed by atoms with Gasteiger partial charge >= 0.3 is 0 Å². The number of anilines is 1. The molecule has 0 spiro atoms. The molecule has 7 heteroatoms. The van der Waals surface area contributed by atoms with Gasteiger partial charge in [0.25, 0.3) is 0 Å². The maximum absolute atomic E-state index is 5.72. The van der Waals surface area contributed by atoms with E-state index in [1.165, 1.54) is 6.33 Å². The highest BCUT2D eigenvalue weighted by Crippen LogP contribution is 2.24. The van der Waals surface area contributed by atoms with Crippen molar-refractivity contribution in [3.05, 3.63) is 17.9 Å². The predicted molar refractivity (Wildman–Crippen MR) is 61.1 cm³/mol. The molecule has 0 aromatic carbocycles. The van der Waals surface area contributed by atoms with Crippen molar-refractivity contribution in [2.45, 2.75) is 13.8 Å². The van der Waals surface area contributed by atoms with Crippen molar-refractivity contribution >= 4 is 17.0 Å². The summed E-state index contributed by atoms with van der Waals surface area (Å²) >= 11 is 0. The van der Waals surface area contributed by atoms with Crippen LogP contribution in [0, 0.1) is 13.8 Å². The summed E-state index contributed by atoms with van der Waals surface area (Å²) in [5, 5.41) is 0. The minimum Gasteiger partial charge on any atom is -0.437 e. The van der Waals surface area contributed by atoms with Crippen molar-refractivity contribution in [1.82, 2.24) is 24.9 Å². The fraction of sp³-hybridized carbons (Fsp3) is 0.200. The molecule has 3 heterocycles. The highest BCUT2D eigenvalue weighted by atomic mass is 16.4. The van der Waals surface area contributed by atoms with Crippen molar-refractivity contribution in [1.29, 1.82) is 0 Å². The fourth-order valence-electron chi connectivity index (χ4n) is 1.70. The SMILES string of the molecule is Cc1nc(C)c(-c2nc3ncnc(N)c3[nH]2)o1. The standard InChI is InChI=1S/C10H10N6O/c1-4-7(17-5(2)14-4)10-15-6-8(11)12-3-13-9(6)16-10/h3H,1-2H3,(H3,11,12,13,15,16). The van der Waals surface area contributed by atoms with Crippen LogP contribution in [0.25, 0.3) is 22.7 Å². The van der Waals surface area contributed by atoms with Gasteiger partial charge < -0.3 is 15.1 Å². The molecule has 3 aromatic rings. The fourth-order valence-corrected chi connectivity index (χ4v) is 1.70. The van der Waals surface area contributed by atoms with E-state index >= 15 is 0 Å². The van der Waals surface area contributed by atoms with Gasteiger partial charge in [-0.25, -0.2) is 19.9 Å². The number of nitrogen functional groups attached to an aromatic ring is 1. The molecule has 0 aliphatic carbocycles. The minimum atomic E-state index is 0.364. The lowest BCUT2D eigenvalue weighted by atomic mass is 10.3. The number of aromatic nitrogens is 5. The van der Waals surface area contributed by atoms with Crippen LogP contribution in [0.1, 0.15) is 11.6 Å². The molecule has 3 aromatic heterocycles. The van der Waals surface area contributed by atoms with Crippen LogP contribution in [0.5, 0.6) is 0 Å². The third kappa shape index (κ3) is 1.43. The molecule has 86 valence electrons. The quantitative estimate of drug-likeness (QED) is 0.650. The van der Waals surface area contributed by atoms with Gasteiger partial charge in [0.1, 0.15) is 11.8 Å². The number of hydrogen-bond acceptors (Lipinski definition) is 6. The average molecular weight is 230 g/mol. The Labute approximate surface area is 96.1 Å². The van der Waals surface area contributed by atoms with Crippen molar-refractivity contribution in [3.8, 4) is 11.6 Å². The highest BCUT2D eigenvalue weighted by molar-refractivity contribution is 5.83. The van der Waals surface area contributed by atoms with E-state index in [0.717, 1.165) is 5.69 Å². The Balaban J connectivity index is 2.25. The smallest absolute Gasteiger partial charge is 0.192 e. The molecule has 0 aliphatic rings. The molecule has 0 atom stereocenters. The monoisotopic (exact) mass is 230 g/mol. The van der Waals surface area contributed by atoms with Crippen LogP contribution in [-0.4, -0.2) is 24.9 Å². The minimum absolute atomic E-state index is 0.364. The summed E-state index contributed by atoms with van der Waals surface area (Å²) in [5.74, 6) is 2.12. The Kier molecular flexibility index (Phi) is 1.88. The summed E-state index contributed by atoms with van der Waals surface area (Å²) in [6, 6.07) is 0. The van der Waals surface area contributed by atoms with Gasteiger partial charge in [0.05, 0.1) is 5.69 Å². The number of nitrogens with two attached hydrogens (primary N) is 1. The zero-order valence-corrected chi connectivity index (χ0v) is 9.35. The lowest BCUT2D eigenvalue weighted by Gasteiger charge is -1.90. The van der Waals surface area contributed by atoms with Gasteiger partial charge in [0, 0.05) is 6.92 Å². The summed E-state index contributed by atoms with van der Waals surface area (Å²) in [4.78, 5) is 19.4. The van der Waals surface area contributed by atoms with Gasteiger partial charge in [-0.1, -0.05) is 0 Å². The molecule has 0 aliphatic heterocycles. The second-order valence-electron chi connectivity index (χ2n) is 3.69. The summed E-state index contributed by atoms with van der Waals surface area (Å²) in [7, 11) is 0. The third-order valence-electron chi connectivity index (χ3n) is 2.44. The maximum Gasteiger partial charge on any atom is 0.192 e. The number of aromatic amines is 1. The number of aryl methyl sites for hydroxylation is 2. The van der Waals surface area contributed by atoms with Crippen LogP contribution in [0.4, 0.5) is 5.82 Å². The van der Waals surface area contributed by atoms with Crippen LogP contribution in [0.15, 0.2) is 10.7 Å². The van der Waals surface area contributed by atoms with E-state index in [2.05, 4.69) is 24.9 Å². The van der Waals surface area contributed by atoms with E-state index < -0.39 is 0 Å². The highest BCUT2D eigenvalue weighted by Gasteiger charge is 2.15. The van der Waals surface area contributed by atoms with Crippen LogP contribution >= 0.6 is 0 Å². The normalized spacial score (nSPS) is 11.2. The Morgan fingerprint density at radius 2 is 2.06 bits per heavy atom. The van der Waals surface area contributed by atoms with Crippen molar-refractivity contribution in [2.75, 3.05) is 5.73 Å². The van der Waals surface area contributed by atoms with E-state index in [4.69, 9.17) is 10.2 Å². The lowest BCUT2D eigenvalue weighted by molar-refractivity contribution is 0.531. The molecule has 3 N–H and O–H groups in total. The van der Waals surface area contributed by atoms with Crippen LogP contribution in [0.3, 0.4) is 0 Å². The number of fused-ring (bicyclic) bond motifs is 1. The van der Waals surface area contributed by atoms with E-state index in [0.29, 0.717) is 34.5 Å². The second-order valence-corrected chi connectivity index (χ2v) is 3.69. The van der Waals surface area contributed by atoms with E-state index in [1.54, 1.807) is 6.92 Å². The molecule has 0 saturated carbocycles. The zero-order valence-electron chi connectivity index (χ0n) is 9.35. The topological polar surface area (TPSA) is 107 Å². The van der Waals surface area contributed by atoms with Gasteiger partial charge in [0.2, 0.25) is 0 Å². The van der Waals surface area contributed by atoms with E-state index in [1.807, 2.05) is 6.92 Å². The van der Waals surface area contributed by atoms with Crippen LogP contribution < -0.4 is 5.73 Å². The van der Waals surface area contributed by atoms with Gasteiger partial charge in [-0.2, -0.15) is 0 Å². The molecule has 0 radical (unpaired) electrons. The maximum atomic E-state index is 5.72. The third-order valence-corrected chi connectivity index (χ3v) is 2.44. The number of imidazole rings is 1. The Bertz CT molecular complexity index is 698. The van der Waals surface area contributed by atoms with Gasteiger partial charge in [0.15, 0.2) is 28.9 Å². The summed E-state index contributed by atoms with van der Waals surface area (Å²) in [5.41, 5.74) is 7.62. The van der Waals surface area contributed by atoms with Gasteiger partial charge in [-0.15, -0.1) is 0 Å². The number of nitrogens with zero attached hydrogens (tertiary/aromatic N) is 4. The number of H-pyrrole nitrogens is 1. The first kappa shape index (κ1) is 9.76. The van der Waals surface area contributed by atoms with Gasteiger partial charge in [-0.05, 0) is 6.92 Å². The largest absolute Gasteiger partial charge is 0.437 e. The van der Waals surface area contributed by atoms with Crippen LogP contribution in [0.2, 0.25) is 0 Å². The Morgan fingerprint density at radius 3 is 2.71 bits per heavy atom. The summed E-state index contributed by atoms with van der Waals surface area (Å²) in [6.07, 6.45) is 1.38. The van der Waals surface area contributed by atoms with Crippen molar-refractivity contribution < 1.29 is 4.42 Å². The number of nitrogens with one attached hydrogen (secondary N) is 1. The molecule has 0 bridgehead atoms. The van der Waals surface area contributed by atoms with Crippen molar-refractivity contribution in [3.63, 3.8) is 0 Å². The number of oxazole rings is 1. The average Bonchev–Trinajstić information content (AvgIpc) is 2.82. The first-order chi connectivity index (χ1) is 8.15. The van der Waals surface area contributed by atoms with E-state index in [-0.39, 0.29) is 0 Å².